The second kappa shape index (κ2) is 5.97. The van der Waals surface area contributed by atoms with E-state index in [9.17, 15) is 4.79 Å². The summed E-state index contributed by atoms with van der Waals surface area (Å²) in [5.41, 5.74) is 0.854. The minimum Gasteiger partial charge on any atom is -0.489 e. The summed E-state index contributed by atoms with van der Waals surface area (Å²) in [6.45, 7) is 8.88. The van der Waals surface area contributed by atoms with E-state index in [2.05, 4.69) is 35.5 Å². The fraction of sp³-hybridized carbons (Fsp3) is 0.700. The predicted octanol–water partition coefficient (Wildman–Crippen LogP) is 2.47. The number of nitrogens with one attached hydrogen (secondary N) is 2. The number of pyridine rings is 1. The minimum atomic E-state index is -0.398. The molecule has 0 radical (unpaired) electrons. The highest BCUT2D eigenvalue weighted by Gasteiger charge is 2.63. The van der Waals surface area contributed by atoms with Crippen molar-refractivity contribution in [3.05, 3.63) is 24.0 Å². The fourth-order valence-corrected chi connectivity index (χ4v) is 4.59. The van der Waals surface area contributed by atoms with Gasteiger partial charge in [0.15, 0.2) is 0 Å². The summed E-state index contributed by atoms with van der Waals surface area (Å²) in [6, 6.07) is 2.93. The molecule has 2 aliphatic carbocycles. The van der Waals surface area contributed by atoms with Crippen LogP contribution >= 0.6 is 0 Å². The summed E-state index contributed by atoms with van der Waals surface area (Å²) in [4.78, 5) is 16.9. The van der Waals surface area contributed by atoms with Crippen molar-refractivity contribution in [1.82, 2.24) is 15.6 Å². The van der Waals surface area contributed by atoms with Gasteiger partial charge in [-0.1, -0.05) is 0 Å². The van der Waals surface area contributed by atoms with Gasteiger partial charge in [0.2, 0.25) is 5.91 Å². The molecule has 136 valence electrons. The third-order valence-electron chi connectivity index (χ3n) is 6.00. The van der Waals surface area contributed by atoms with Crippen molar-refractivity contribution in [1.29, 1.82) is 0 Å². The molecule has 3 aliphatic rings. The summed E-state index contributed by atoms with van der Waals surface area (Å²) in [6.07, 6.45) is 6.09. The molecule has 1 aromatic heterocycles. The summed E-state index contributed by atoms with van der Waals surface area (Å²) in [5.74, 6) is 2.81. The van der Waals surface area contributed by atoms with Crippen LogP contribution in [0.25, 0.3) is 0 Å². The van der Waals surface area contributed by atoms with Gasteiger partial charge in [-0.25, -0.2) is 0 Å². The van der Waals surface area contributed by atoms with E-state index in [1.54, 1.807) is 6.20 Å². The van der Waals surface area contributed by atoms with Crippen LogP contribution in [0.15, 0.2) is 18.5 Å². The highest BCUT2D eigenvalue weighted by molar-refractivity contribution is 5.83. The van der Waals surface area contributed by atoms with Gasteiger partial charge >= 0.3 is 0 Å². The highest BCUT2D eigenvalue weighted by Crippen LogP contribution is 2.55. The zero-order valence-electron chi connectivity index (χ0n) is 15.6. The molecule has 1 aliphatic heterocycles. The number of hydrogen-bond acceptors (Lipinski definition) is 4. The van der Waals surface area contributed by atoms with Crippen LogP contribution < -0.4 is 15.4 Å². The Morgan fingerprint density at radius 3 is 2.64 bits per heavy atom. The third-order valence-corrected chi connectivity index (χ3v) is 6.00. The lowest BCUT2D eigenvalue weighted by atomic mass is 10.0. The van der Waals surface area contributed by atoms with E-state index in [-0.39, 0.29) is 11.8 Å². The highest BCUT2D eigenvalue weighted by atomic mass is 16.5. The van der Waals surface area contributed by atoms with Crippen LogP contribution in [-0.2, 0) is 4.79 Å². The number of amides is 1. The monoisotopic (exact) mass is 343 g/mol. The zero-order valence-corrected chi connectivity index (χ0v) is 15.6. The van der Waals surface area contributed by atoms with Crippen LogP contribution in [0.3, 0.4) is 0 Å². The lowest BCUT2D eigenvalue weighted by molar-refractivity contribution is -0.125. The maximum absolute atomic E-state index is 12.7. The van der Waals surface area contributed by atoms with Gasteiger partial charge < -0.3 is 15.4 Å². The third kappa shape index (κ3) is 3.26. The van der Waals surface area contributed by atoms with Crippen LogP contribution in [-0.4, -0.2) is 35.1 Å². The Morgan fingerprint density at radius 1 is 1.32 bits per heavy atom. The molecule has 5 heteroatoms. The Kier molecular flexibility index (Phi) is 4.02. The molecule has 5 nitrogen and oxygen atoms in total. The molecule has 1 aromatic rings. The maximum Gasteiger partial charge on any atom is 0.224 e. The van der Waals surface area contributed by atoms with E-state index < -0.39 is 5.54 Å². The number of fused-ring (bicyclic) bond motifs is 1. The molecule has 1 unspecified atom stereocenters. The van der Waals surface area contributed by atoms with E-state index in [0.717, 1.165) is 5.75 Å². The first-order valence-corrected chi connectivity index (χ1v) is 9.52. The first kappa shape index (κ1) is 16.8. The molecule has 0 bridgehead atoms. The van der Waals surface area contributed by atoms with E-state index in [1.165, 1.54) is 18.4 Å². The van der Waals surface area contributed by atoms with Crippen molar-refractivity contribution in [3.63, 3.8) is 0 Å². The molecule has 3 fully saturated rings. The van der Waals surface area contributed by atoms with Crippen LogP contribution in [0.4, 0.5) is 0 Å². The maximum atomic E-state index is 12.7. The van der Waals surface area contributed by atoms with Crippen LogP contribution in [0.1, 0.15) is 52.0 Å². The molecular formula is C20H29N3O2. The van der Waals surface area contributed by atoms with Gasteiger partial charge in [-0.05, 0) is 64.4 Å². The molecule has 5 atom stereocenters. The second-order valence-corrected chi connectivity index (χ2v) is 8.77. The smallest absolute Gasteiger partial charge is 0.224 e. The van der Waals surface area contributed by atoms with Crippen molar-refractivity contribution >= 4 is 5.91 Å². The van der Waals surface area contributed by atoms with E-state index in [0.29, 0.717) is 36.4 Å². The van der Waals surface area contributed by atoms with Crippen molar-refractivity contribution in [2.75, 3.05) is 6.61 Å². The van der Waals surface area contributed by atoms with Crippen LogP contribution in [0.5, 0.6) is 5.75 Å². The largest absolute Gasteiger partial charge is 0.489 e. The lowest BCUT2D eigenvalue weighted by Gasteiger charge is -2.28. The number of hydrogen-bond donors (Lipinski definition) is 2. The number of nitrogens with zero attached hydrogens (tertiary/aromatic N) is 1. The average Bonchev–Trinajstić information content (AvgIpc) is 3.44. The minimum absolute atomic E-state index is 0.158. The summed E-state index contributed by atoms with van der Waals surface area (Å²) in [7, 11) is 0. The molecule has 2 heterocycles. The van der Waals surface area contributed by atoms with E-state index >= 15 is 0 Å². The molecule has 1 amide bonds. The Bertz CT molecular complexity index is 657. The SMILES string of the molecule is C[C@@H]1N[C@@H](C)[C@H]2C(C(=O)NC(C)(C)COc3cnccc3C3CC3)[C@H]21. The van der Waals surface area contributed by atoms with Gasteiger partial charge in [0.05, 0.1) is 11.7 Å². The molecule has 1 saturated heterocycles. The summed E-state index contributed by atoms with van der Waals surface area (Å²) in [5, 5.41) is 6.73. The average molecular weight is 343 g/mol. The second-order valence-electron chi connectivity index (χ2n) is 8.77. The molecular weight excluding hydrogens is 314 g/mol. The number of rotatable bonds is 6. The molecule has 2 saturated carbocycles. The summed E-state index contributed by atoms with van der Waals surface area (Å²) < 4.78 is 6.05. The van der Waals surface area contributed by atoms with Gasteiger partial charge in [-0.2, -0.15) is 0 Å². The predicted molar refractivity (Wildman–Crippen MR) is 96.5 cm³/mol. The standard InChI is InChI=1S/C20H29N3O2/c1-11-16-17(12(2)22-11)18(16)19(24)23-20(3,4)10-25-15-9-21-8-7-14(15)13-5-6-13/h7-9,11-13,16-18,22H,5-6,10H2,1-4H3,(H,23,24)/t11-,12-,16-,17+,18?/m0/s1. The van der Waals surface area contributed by atoms with E-state index in [4.69, 9.17) is 4.74 Å². The Balaban J connectivity index is 1.34. The topological polar surface area (TPSA) is 63.2 Å². The molecule has 2 N–H and O–H groups in total. The van der Waals surface area contributed by atoms with Crippen LogP contribution in [0.2, 0.25) is 0 Å². The lowest BCUT2D eigenvalue weighted by Crippen LogP contribution is -2.49. The normalized spacial score (nSPS) is 33.7. The molecule has 25 heavy (non-hydrogen) atoms. The van der Waals surface area contributed by atoms with Gasteiger partial charge in [0.25, 0.3) is 0 Å². The number of carbonyl (C=O) groups excluding carboxylic acids is 1. The van der Waals surface area contributed by atoms with Crippen molar-refractivity contribution < 1.29 is 9.53 Å². The number of carbonyl (C=O) groups is 1. The van der Waals surface area contributed by atoms with Gasteiger partial charge in [0, 0.05) is 29.8 Å². The zero-order chi connectivity index (χ0) is 17.8. The van der Waals surface area contributed by atoms with Crippen molar-refractivity contribution in [2.45, 2.75) is 64.1 Å². The first-order chi connectivity index (χ1) is 11.9. The van der Waals surface area contributed by atoms with Crippen molar-refractivity contribution in [3.8, 4) is 5.75 Å². The van der Waals surface area contributed by atoms with Gasteiger partial charge in [-0.3, -0.25) is 9.78 Å². The van der Waals surface area contributed by atoms with Crippen LogP contribution in [0, 0.1) is 17.8 Å². The van der Waals surface area contributed by atoms with Gasteiger partial charge in [-0.15, -0.1) is 0 Å². The number of ether oxygens (including phenoxy) is 1. The quantitative estimate of drug-likeness (QED) is 0.833. The Labute approximate surface area is 149 Å². The Hall–Kier alpha value is -1.62. The summed E-state index contributed by atoms with van der Waals surface area (Å²) >= 11 is 0. The molecule has 4 rings (SSSR count). The molecule has 0 aromatic carbocycles. The number of piperidine rings is 1. The Morgan fingerprint density at radius 2 is 2.00 bits per heavy atom. The molecule has 0 spiro atoms. The fourth-order valence-electron chi connectivity index (χ4n) is 4.59. The van der Waals surface area contributed by atoms with Gasteiger partial charge in [0.1, 0.15) is 12.4 Å². The number of aromatic nitrogens is 1. The first-order valence-electron chi connectivity index (χ1n) is 9.52. The van der Waals surface area contributed by atoms with Crippen molar-refractivity contribution in [2.24, 2.45) is 17.8 Å². The van der Waals surface area contributed by atoms with E-state index in [1.807, 2.05) is 20.0 Å².